The average molecular weight is 449 g/mol. The van der Waals surface area contributed by atoms with E-state index in [2.05, 4.69) is 46.5 Å². The van der Waals surface area contributed by atoms with E-state index in [-0.39, 0.29) is 17.2 Å². The summed E-state index contributed by atoms with van der Waals surface area (Å²) in [6.07, 6.45) is 4.20. The van der Waals surface area contributed by atoms with Crippen LogP contribution >= 0.6 is 6.89 Å². The first-order valence-electron chi connectivity index (χ1n) is 9.57. The van der Waals surface area contributed by atoms with Gasteiger partial charge in [-0.3, -0.25) is 0 Å². The van der Waals surface area contributed by atoms with Crippen molar-refractivity contribution in [3.63, 3.8) is 0 Å². The summed E-state index contributed by atoms with van der Waals surface area (Å²) in [5.41, 5.74) is 0.254. The number of hydrogen-bond acceptors (Lipinski definition) is 5. The highest BCUT2D eigenvalue weighted by molar-refractivity contribution is 7.83. The van der Waals surface area contributed by atoms with Crippen molar-refractivity contribution >= 4 is 47.0 Å². The third-order valence-corrected chi connectivity index (χ3v) is 7.02. The largest absolute Gasteiger partial charge is 0.505 e. The van der Waals surface area contributed by atoms with Gasteiger partial charge in [0.2, 0.25) is 0 Å². The van der Waals surface area contributed by atoms with E-state index in [1.807, 2.05) is 44.5 Å². The van der Waals surface area contributed by atoms with E-state index < -0.39 is 18.1 Å². The van der Waals surface area contributed by atoms with Crippen LogP contribution in [0.1, 0.15) is 38.3 Å². The smallest absolute Gasteiger partial charge is 0.269 e. The van der Waals surface area contributed by atoms with Crippen LogP contribution in [0.3, 0.4) is 0 Å². The molecule has 3 N–H and O–H groups in total. The van der Waals surface area contributed by atoms with Gasteiger partial charge < -0.3 is 20.2 Å². The summed E-state index contributed by atoms with van der Waals surface area (Å²) in [5.74, 6) is 2.35. The fraction of sp³-hybridized carbons (Fsp3) is 0.381. The quantitative estimate of drug-likeness (QED) is 0.488. The van der Waals surface area contributed by atoms with Crippen molar-refractivity contribution in [1.29, 1.82) is 0 Å². The topological polar surface area (TPSA) is 99.2 Å². The molecule has 9 heteroatoms. The predicted octanol–water partition coefficient (Wildman–Crippen LogP) is 3.81. The number of para-hydroxylation sites is 1. The van der Waals surface area contributed by atoms with Crippen molar-refractivity contribution in [1.82, 2.24) is 5.32 Å². The van der Waals surface area contributed by atoms with E-state index in [1.165, 1.54) is 0 Å². The highest BCUT2D eigenvalue weighted by atomic mass is 32.2. The molecular weight excluding hydrogens is 419 g/mol. The molecule has 1 aromatic carbocycles. The van der Waals surface area contributed by atoms with Crippen LogP contribution < -0.4 is 15.9 Å². The fourth-order valence-electron chi connectivity index (χ4n) is 3.15. The van der Waals surface area contributed by atoms with Crippen LogP contribution in [0.15, 0.2) is 43.5 Å². The van der Waals surface area contributed by atoms with Gasteiger partial charge >= 0.3 is 0 Å². The zero-order chi connectivity index (χ0) is 22.3. The van der Waals surface area contributed by atoms with E-state index in [0.29, 0.717) is 17.4 Å². The summed E-state index contributed by atoms with van der Waals surface area (Å²) in [4.78, 5) is 0. The monoisotopic (exact) mass is 448 g/mol. The predicted molar refractivity (Wildman–Crippen MR) is 129 cm³/mol. The number of aryl methyl sites for hydroxylation is 1. The SMILES string of the molecule is C=P(C)(C)c1cccc(NC2=NS(=O)N=C2N[C@@H](c2ccc(C)o2)C(C)(C)C)c1O. The van der Waals surface area contributed by atoms with Crippen molar-refractivity contribution in [2.75, 3.05) is 18.6 Å². The zero-order valence-electron chi connectivity index (χ0n) is 18.2. The maximum Gasteiger partial charge on any atom is 0.269 e. The van der Waals surface area contributed by atoms with Crippen LogP contribution in [0.25, 0.3) is 0 Å². The molecular formula is C21H29N4O3PS. The lowest BCUT2D eigenvalue weighted by atomic mass is 9.85. The molecule has 1 unspecified atom stereocenters. The van der Waals surface area contributed by atoms with Gasteiger partial charge in [0.05, 0.1) is 11.7 Å². The lowest BCUT2D eigenvalue weighted by Gasteiger charge is -2.30. The minimum absolute atomic E-state index is 0.125. The molecule has 0 fully saturated rings. The number of phenolic OH excluding ortho intramolecular Hbond substituents is 1. The van der Waals surface area contributed by atoms with Gasteiger partial charge in [0, 0.05) is 5.30 Å². The molecule has 0 saturated heterocycles. The first-order chi connectivity index (χ1) is 13.9. The number of phenols is 1. The Morgan fingerprint density at radius 2 is 1.83 bits per heavy atom. The summed E-state index contributed by atoms with van der Waals surface area (Å²) in [5, 5.41) is 18.0. The molecule has 0 amide bonds. The molecule has 3 rings (SSSR count). The van der Waals surface area contributed by atoms with Crippen molar-refractivity contribution < 1.29 is 13.7 Å². The second-order valence-electron chi connectivity index (χ2n) is 8.99. The van der Waals surface area contributed by atoms with Crippen LogP contribution in [0.2, 0.25) is 0 Å². The Morgan fingerprint density at radius 3 is 2.40 bits per heavy atom. The summed E-state index contributed by atoms with van der Waals surface area (Å²) in [7, 11) is 0. The molecule has 0 aliphatic carbocycles. The molecule has 1 aromatic heterocycles. The Balaban J connectivity index is 1.91. The Labute approximate surface area is 180 Å². The van der Waals surface area contributed by atoms with Gasteiger partial charge in [0.25, 0.3) is 11.2 Å². The maximum absolute atomic E-state index is 12.1. The first kappa shape index (κ1) is 22.4. The van der Waals surface area contributed by atoms with E-state index >= 15 is 0 Å². The van der Waals surface area contributed by atoms with Gasteiger partial charge in [-0.25, -0.2) is 4.21 Å². The second kappa shape index (κ2) is 8.08. The van der Waals surface area contributed by atoms with E-state index in [4.69, 9.17) is 4.42 Å². The molecule has 2 heterocycles. The molecule has 1 aliphatic rings. The van der Waals surface area contributed by atoms with Crippen LogP contribution in [-0.2, 0) is 11.2 Å². The summed E-state index contributed by atoms with van der Waals surface area (Å²) < 4.78 is 26.2. The molecule has 30 heavy (non-hydrogen) atoms. The summed E-state index contributed by atoms with van der Waals surface area (Å²) >= 11 is -1.75. The highest BCUT2D eigenvalue weighted by Gasteiger charge is 2.33. The van der Waals surface area contributed by atoms with E-state index in [0.717, 1.165) is 16.8 Å². The number of furan rings is 1. The van der Waals surface area contributed by atoms with Gasteiger partial charge in [-0.1, -0.05) is 46.1 Å². The highest BCUT2D eigenvalue weighted by Crippen LogP contribution is 2.40. The summed E-state index contributed by atoms with van der Waals surface area (Å²) in [6, 6.07) is 9.07. The van der Waals surface area contributed by atoms with E-state index in [9.17, 15) is 9.32 Å². The number of hydrogen-bond donors (Lipinski definition) is 3. The van der Waals surface area contributed by atoms with Crippen molar-refractivity contribution in [3.8, 4) is 5.75 Å². The Kier molecular flexibility index (Phi) is 6.03. The molecule has 0 bridgehead atoms. The minimum atomic E-state index is -1.75. The third kappa shape index (κ3) is 4.87. The number of nitrogens with one attached hydrogen (secondary N) is 2. The Morgan fingerprint density at radius 1 is 1.17 bits per heavy atom. The van der Waals surface area contributed by atoms with Gasteiger partial charge in [-0.2, -0.15) is 0 Å². The van der Waals surface area contributed by atoms with Gasteiger partial charge in [0.1, 0.15) is 17.3 Å². The van der Waals surface area contributed by atoms with Gasteiger partial charge in [-0.05, 0) is 43.9 Å². The lowest BCUT2D eigenvalue weighted by molar-refractivity contribution is 0.261. The normalized spacial score (nSPS) is 18.0. The minimum Gasteiger partial charge on any atom is -0.505 e. The zero-order valence-corrected chi connectivity index (χ0v) is 19.9. The van der Waals surface area contributed by atoms with Crippen LogP contribution in [0.4, 0.5) is 5.69 Å². The van der Waals surface area contributed by atoms with Crippen LogP contribution in [0.5, 0.6) is 5.75 Å². The van der Waals surface area contributed by atoms with Gasteiger partial charge in [0.15, 0.2) is 11.7 Å². The fourth-order valence-corrected chi connectivity index (χ4v) is 4.96. The number of anilines is 1. The number of amidine groups is 2. The standard InChI is InChI=1S/C21H29N4O3PS/c1-13-11-12-15(28-13)18(21(2,3)4)23-20-19(24-30(27)25-20)22-14-9-8-10-16(17(14)26)29(5,6)7/h8-12,18,26H,5H2,1-4,6-7H3,(H,22,24)(H,23,25)/t18-,30?/m0/s1. The van der Waals surface area contributed by atoms with Crippen LogP contribution in [0, 0.1) is 12.3 Å². The van der Waals surface area contributed by atoms with E-state index in [1.54, 1.807) is 6.07 Å². The van der Waals surface area contributed by atoms with Crippen LogP contribution in [-0.4, -0.2) is 40.6 Å². The molecule has 2 atom stereocenters. The average Bonchev–Trinajstić information content (AvgIpc) is 3.17. The van der Waals surface area contributed by atoms with Crippen molar-refractivity contribution in [2.45, 2.75) is 33.7 Å². The second-order valence-corrected chi connectivity index (χ2v) is 13.7. The molecule has 2 aromatic rings. The lowest BCUT2D eigenvalue weighted by Crippen LogP contribution is -2.41. The van der Waals surface area contributed by atoms with Crippen molar-refractivity contribution in [3.05, 3.63) is 41.9 Å². The molecule has 162 valence electrons. The number of rotatable bonds is 4. The number of aromatic hydroxyl groups is 1. The maximum atomic E-state index is 12.1. The molecule has 1 aliphatic heterocycles. The summed E-state index contributed by atoms with van der Waals surface area (Å²) in [6.45, 7) is 10.5. The number of nitrogens with zero attached hydrogens (tertiary/aromatic N) is 2. The Hall–Kier alpha value is -2.31. The Bertz CT molecular complexity index is 1090. The molecule has 0 saturated carbocycles. The van der Waals surface area contributed by atoms with Gasteiger partial charge in [-0.15, -0.1) is 8.80 Å². The third-order valence-electron chi connectivity index (χ3n) is 4.68. The first-order valence-corrected chi connectivity index (χ1v) is 13.5. The number of benzene rings is 1. The molecule has 7 nitrogen and oxygen atoms in total. The molecule has 0 spiro atoms. The molecule has 0 radical (unpaired) electrons. The van der Waals surface area contributed by atoms with Crippen molar-refractivity contribution in [2.24, 2.45) is 14.2 Å².